The first kappa shape index (κ1) is 13.6. The van der Waals surface area contributed by atoms with Gasteiger partial charge < -0.3 is 19.3 Å². The van der Waals surface area contributed by atoms with Gasteiger partial charge in [-0.3, -0.25) is 0 Å². The van der Waals surface area contributed by atoms with Crippen LogP contribution >= 0.6 is 0 Å². The van der Waals surface area contributed by atoms with Gasteiger partial charge >= 0.3 is 0 Å². The van der Waals surface area contributed by atoms with E-state index in [1.165, 1.54) is 0 Å². The fraction of sp³-hybridized carbons (Fsp3) is 0.714. The summed E-state index contributed by atoms with van der Waals surface area (Å²) in [6.45, 7) is 3.24. The summed E-state index contributed by atoms with van der Waals surface area (Å²) >= 11 is 0. The second kappa shape index (κ2) is 5.93. The quantitative estimate of drug-likeness (QED) is 0.816. The molecule has 6 nitrogen and oxygen atoms in total. The summed E-state index contributed by atoms with van der Waals surface area (Å²) in [7, 11) is 4.15. The largest absolute Gasteiger partial charge is 0.379 e. The van der Waals surface area contributed by atoms with E-state index >= 15 is 0 Å². The van der Waals surface area contributed by atoms with E-state index in [9.17, 15) is 0 Å². The molecule has 3 rings (SSSR count). The van der Waals surface area contributed by atoms with Crippen molar-refractivity contribution in [3.05, 3.63) is 12.4 Å². The number of ether oxygens (including phenoxy) is 2. The first-order chi connectivity index (χ1) is 9.75. The number of nitrogens with zero attached hydrogens (tertiary/aromatic N) is 4. The third kappa shape index (κ3) is 2.71. The minimum atomic E-state index is 0.415. The van der Waals surface area contributed by atoms with Gasteiger partial charge in [-0.15, -0.1) is 0 Å². The number of hydrogen-bond acceptors (Lipinski definition) is 6. The molecule has 0 saturated carbocycles. The van der Waals surface area contributed by atoms with Crippen molar-refractivity contribution in [1.29, 1.82) is 0 Å². The highest BCUT2D eigenvalue weighted by atomic mass is 16.5. The fourth-order valence-electron chi connectivity index (χ4n) is 2.75. The van der Waals surface area contributed by atoms with Gasteiger partial charge in [-0.05, 0) is 12.8 Å². The van der Waals surface area contributed by atoms with Crippen LogP contribution in [0.25, 0.3) is 0 Å². The minimum Gasteiger partial charge on any atom is -0.379 e. The molecule has 0 unspecified atom stereocenters. The van der Waals surface area contributed by atoms with E-state index < -0.39 is 0 Å². The Bertz CT molecular complexity index is 407. The van der Waals surface area contributed by atoms with Crippen molar-refractivity contribution in [3.63, 3.8) is 0 Å². The van der Waals surface area contributed by atoms with Gasteiger partial charge in [-0.25, -0.2) is 9.97 Å². The molecular formula is C14H22N4O2. The maximum absolute atomic E-state index is 5.45. The fourth-order valence-corrected chi connectivity index (χ4v) is 2.75. The van der Waals surface area contributed by atoms with Gasteiger partial charge in [0.1, 0.15) is 18.0 Å². The Hall–Kier alpha value is -1.40. The first-order valence-corrected chi connectivity index (χ1v) is 7.19. The SMILES string of the molecule is CN(c1cc(N(C)[C@H]2CCOC2)ncn1)[C@H]1CCOC1. The summed E-state index contributed by atoms with van der Waals surface area (Å²) < 4.78 is 10.9. The van der Waals surface area contributed by atoms with Gasteiger partial charge in [-0.2, -0.15) is 0 Å². The Kier molecular flexibility index (Phi) is 4.03. The average molecular weight is 278 g/mol. The van der Waals surface area contributed by atoms with Crippen molar-refractivity contribution < 1.29 is 9.47 Å². The molecule has 0 bridgehead atoms. The molecular weight excluding hydrogens is 256 g/mol. The topological polar surface area (TPSA) is 50.7 Å². The Morgan fingerprint density at radius 3 is 1.85 bits per heavy atom. The molecule has 2 aliphatic rings. The highest BCUT2D eigenvalue weighted by Crippen LogP contribution is 2.23. The molecule has 0 spiro atoms. The van der Waals surface area contributed by atoms with Crippen LogP contribution in [0.2, 0.25) is 0 Å². The van der Waals surface area contributed by atoms with Gasteiger partial charge in [-0.1, -0.05) is 0 Å². The maximum Gasteiger partial charge on any atom is 0.134 e. The molecule has 0 N–H and O–H groups in total. The van der Waals surface area contributed by atoms with E-state index in [4.69, 9.17) is 9.47 Å². The van der Waals surface area contributed by atoms with E-state index in [0.717, 1.165) is 50.9 Å². The van der Waals surface area contributed by atoms with Crippen molar-refractivity contribution in [2.75, 3.05) is 50.3 Å². The van der Waals surface area contributed by atoms with Crippen LogP contribution in [0.1, 0.15) is 12.8 Å². The van der Waals surface area contributed by atoms with Crippen LogP contribution in [0.3, 0.4) is 0 Å². The maximum atomic E-state index is 5.45. The summed E-state index contributed by atoms with van der Waals surface area (Å²) in [5.41, 5.74) is 0. The Labute approximate surface area is 119 Å². The molecule has 0 radical (unpaired) electrons. The number of hydrogen-bond donors (Lipinski definition) is 0. The van der Waals surface area contributed by atoms with E-state index in [1.807, 2.05) is 0 Å². The van der Waals surface area contributed by atoms with Gasteiger partial charge in [0.2, 0.25) is 0 Å². The zero-order valence-electron chi connectivity index (χ0n) is 12.2. The molecule has 2 atom stereocenters. The predicted octanol–water partition coefficient (Wildman–Crippen LogP) is 0.927. The highest BCUT2D eigenvalue weighted by molar-refractivity contribution is 5.50. The Morgan fingerprint density at radius 2 is 1.45 bits per heavy atom. The van der Waals surface area contributed by atoms with Crippen LogP contribution in [0, 0.1) is 0 Å². The molecule has 3 heterocycles. The van der Waals surface area contributed by atoms with Crippen molar-refractivity contribution in [2.24, 2.45) is 0 Å². The molecule has 2 saturated heterocycles. The Morgan fingerprint density at radius 1 is 0.950 bits per heavy atom. The van der Waals surface area contributed by atoms with Crippen LogP contribution in [0.5, 0.6) is 0 Å². The highest BCUT2D eigenvalue weighted by Gasteiger charge is 2.24. The van der Waals surface area contributed by atoms with E-state index in [0.29, 0.717) is 12.1 Å². The summed E-state index contributed by atoms with van der Waals surface area (Å²) in [4.78, 5) is 13.2. The summed E-state index contributed by atoms with van der Waals surface area (Å²) in [5.74, 6) is 1.91. The van der Waals surface area contributed by atoms with Crippen molar-refractivity contribution >= 4 is 11.6 Å². The van der Waals surface area contributed by atoms with E-state index in [-0.39, 0.29) is 0 Å². The summed E-state index contributed by atoms with van der Waals surface area (Å²) in [6.07, 6.45) is 3.76. The predicted molar refractivity (Wildman–Crippen MR) is 77.3 cm³/mol. The van der Waals surface area contributed by atoms with Crippen LogP contribution in [0.15, 0.2) is 12.4 Å². The second-order valence-electron chi connectivity index (χ2n) is 5.49. The molecule has 1 aromatic rings. The van der Waals surface area contributed by atoms with Gasteiger partial charge in [0.05, 0.1) is 25.3 Å². The lowest BCUT2D eigenvalue weighted by atomic mass is 10.2. The molecule has 20 heavy (non-hydrogen) atoms. The zero-order valence-corrected chi connectivity index (χ0v) is 12.2. The van der Waals surface area contributed by atoms with E-state index in [1.54, 1.807) is 6.33 Å². The van der Waals surface area contributed by atoms with Crippen LogP contribution < -0.4 is 9.80 Å². The summed E-state index contributed by atoms with van der Waals surface area (Å²) in [5, 5.41) is 0. The van der Waals surface area contributed by atoms with Crippen molar-refractivity contribution in [3.8, 4) is 0 Å². The molecule has 0 amide bonds. The van der Waals surface area contributed by atoms with Crippen LogP contribution in [-0.4, -0.2) is 62.6 Å². The average Bonchev–Trinajstić information content (AvgIpc) is 3.18. The smallest absolute Gasteiger partial charge is 0.134 e. The molecule has 0 aliphatic carbocycles. The van der Waals surface area contributed by atoms with Gasteiger partial charge in [0, 0.05) is 33.4 Å². The lowest BCUT2D eigenvalue weighted by Crippen LogP contribution is -2.34. The number of anilines is 2. The molecule has 0 aromatic carbocycles. The van der Waals surface area contributed by atoms with Gasteiger partial charge in [0.25, 0.3) is 0 Å². The third-order valence-corrected chi connectivity index (χ3v) is 4.27. The minimum absolute atomic E-state index is 0.415. The number of likely N-dealkylation sites (N-methyl/N-ethyl adjacent to an activating group) is 2. The standard InChI is InChI=1S/C14H22N4O2/c1-17(11-3-5-19-8-11)13-7-14(16-10-15-13)18(2)12-4-6-20-9-12/h7,10-12H,3-6,8-9H2,1-2H3/t11-,12-/m0/s1. The van der Waals surface area contributed by atoms with E-state index in [2.05, 4.69) is 39.9 Å². The molecule has 110 valence electrons. The van der Waals surface area contributed by atoms with Crippen molar-refractivity contribution in [2.45, 2.75) is 24.9 Å². The molecule has 1 aromatic heterocycles. The normalized spacial score (nSPS) is 25.9. The molecule has 2 fully saturated rings. The molecule has 6 heteroatoms. The lowest BCUT2D eigenvalue weighted by molar-refractivity contribution is 0.193. The molecule has 2 aliphatic heterocycles. The first-order valence-electron chi connectivity index (χ1n) is 7.19. The monoisotopic (exact) mass is 278 g/mol. The third-order valence-electron chi connectivity index (χ3n) is 4.27. The lowest BCUT2D eigenvalue weighted by Gasteiger charge is -2.27. The van der Waals surface area contributed by atoms with Crippen molar-refractivity contribution in [1.82, 2.24) is 9.97 Å². The zero-order chi connectivity index (χ0) is 13.9. The van der Waals surface area contributed by atoms with Gasteiger partial charge in [0.15, 0.2) is 0 Å². The second-order valence-corrected chi connectivity index (χ2v) is 5.49. The number of aromatic nitrogens is 2. The summed E-state index contributed by atoms with van der Waals surface area (Å²) in [6, 6.07) is 2.88. The Balaban J connectivity index is 1.74. The number of rotatable bonds is 4. The van der Waals surface area contributed by atoms with Crippen LogP contribution in [0.4, 0.5) is 11.6 Å². The van der Waals surface area contributed by atoms with Crippen LogP contribution in [-0.2, 0) is 9.47 Å².